The van der Waals surface area contributed by atoms with Gasteiger partial charge in [-0.1, -0.05) is 5.16 Å². The molecule has 0 aliphatic carbocycles. The fourth-order valence-corrected chi connectivity index (χ4v) is 2.72. The van der Waals surface area contributed by atoms with Crippen molar-refractivity contribution < 1.29 is 9.26 Å². The predicted molar refractivity (Wildman–Crippen MR) is 77.7 cm³/mol. The van der Waals surface area contributed by atoms with Crippen LogP contribution < -0.4 is 4.90 Å². The van der Waals surface area contributed by atoms with E-state index in [0.29, 0.717) is 24.9 Å². The van der Waals surface area contributed by atoms with Crippen LogP contribution in [-0.2, 0) is 4.74 Å². The zero-order valence-electron chi connectivity index (χ0n) is 12.4. The molecule has 22 heavy (non-hydrogen) atoms. The summed E-state index contributed by atoms with van der Waals surface area (Å²) in [6.45, 7) is 5.74. The van der Waals surface area contributed by atoms with E-state index in [1.54, 1.807) is 13.1 Å². The first kappa shape index (κ1) is 13.2. The minimum Gasteiger partial charge on any atom is -0.366 e. The molecule has 0 saturated carbocycles. The van der Waals surface area contributed by atoms with Gasteiger partial charge in [-0.15, -0.1) is 0 Å². The van der Waals surface area contributed by atoms with Gasteiger partial charge in [-0.25, -0.2) is 9.50 Å². The summed E-state index contributed by atoms with van der Waals surface area (Å²) in [6, 6.07) is 2.03. The van der Waals surface area contributed by atoms with Crippen molar-refractivity contribution in [2.45, 2.75) is 20.0 Å². The summed E-state index contributed by atoms with van der Waals surface area (Å²) >= 11 is 0. The fraction of sp³-hybridized carbons (Fsp3) is 0.429. The molecule has 1 fully saturated rings. The average Bonchev–Trinajstić information content (AvgIpc) is 3.11. The van der Waals surface area contributed by atoms with Gasteiger partial charge < -0.3 is 14.2 Å². The number of aryl methyl sites for hydroxylation is 2. The van der Waals surface area contributed by atoms with E-state index in [-0.39, 0.29) is 6.10 Å². The van der Waals surface area contributed by atoms with Gasteiger partial charge in [0.15, 0.2) is 5.82 Å². The van der Waals surface area contributed by atoms with E-state index in [1.807, 2.05) is 23.7 Å². The zero-order valence-corrected chi connectivity index (χ0v) is 12.4. The average molecular weight is 300 g/mol. The van der Waals surface area contributed by atoms with Crippen molar-refractivity contribution in [3.05, 3.63) is 35.9 Å². The Kier molecular flexibility index (Phi) is 3.04. The topological polar surface area (TPSA) is 81.6 Å². The van der Waals surface area contributed by atoms with Crippen molar-refractivity contribution in [2.24, 2.45) is 0 Å². The van der Waals surface area contributed by atoms with E-state index in [9.17, 15) is 0 Å². The van der Waals surface area contributed by atoms with Gasteiger partial charge in [0, 0.05) is 25.9 Å². The Bertz CT molecular complexity index is 811. The number of nitrogens with zero attached hydrogens (tertiary/aromatic N) is 6. The second-order valence-electron chi connectivity index (χ2n) is 5.34. The smallest absolute Gasteiger partial charge is 0.223 e. The number of fused-ring (bicyclic) bond motifs is 1. The Balaban J connectivity index is 1.66. The molecular formula is C14H16N6O2. The highest BCUT2D eigenvalue weighted by Gasteiger charge is 2.27. The number of anilines is 1. The largest absolute Gasteiger partial charge is 0.366 e. The quantitative estimate of drug-likeness (QED) is 0.705. The summed E-state index contributed by atoms with van der Waals surface area (Å²) in [7, 11) is 0. The molecule has 1 aliphatic rings. The van der Waals surface area contributed by atoms with E-state index >= 15 is 0 Å². The van der Waals surface area contributed by atoms with Gasteiger partial charge in [-0.05, 0) is 13.0 Å². The molecule has 0 aromatic carbocycles. The molecule has 114 valence electrons. The Morgan fingerprint density at radius 2 is 2.23 bits per heavy atom. The van der Waals surface area contributed by atoms with Crippen molar-refractivity contribution in [1.29, 1.82) is 0 Å². The third kappa shape index (κ3) is 2.21. The van der Waals surface area contributed by atoms with Gasteiger partial charge in [-0.2, -0.15) is 10.1 Å². The van der Waals surface area contributed by atoms with Crippen LogP contribution >= 0.6 is 0 Å². The van der Waals surface area contributed by atoms with Gasteiger partial charge in [-0.3, -0.25) is 0 Å². The lowest BCUT2D eigenvalue weighted by atomic mass is 10.2. The SMILES string of the molecule is Cc1cc2c(N3CCO[C@H](c4noc(C)n4)C3)nccn2n1. The molecule has 4 heterocycles. The number of hydrogen-bond donors (Lipinski definition) is 0. The molecule has 1 aliphatic heterocycles. The molecule has 1 saturated heterocycles. The Hall–Kier alpha value is -2.48. The summed E-state index contributed by atoms with van der Waals surface area (Å²) in [5.41, 5.74) is 1.96. The highest BCUT2D eigenvalue weighted by atomic mass is 16.5. The highest BCUT2D eigenvalue weighted by Crippen LogP contribution is 2.26. The summed E-state index contributed by atoms with van der Waals surface area (Å²) < 4.78 is 12.7. The molecule has 1 atom stereocenters. The normalized spacial score (nSPS) is 19.0. The number of aromatic nitrogens is 5. The first-order valence-corrected chi connectivity index (χ1v) is 7.18. The molecule has 0 bridgehead atoms. The minimum atomic E-state index is -0.211. The van der Waals surface area contributed by atoms with Crippen LogP contribution in [0.5, 0.6) is 0 Å². The molecule has 8 nitrogen and oxygen atoms in total. The Labute approximate surface area is 126 Å². The van der Waals surface area contributed by atoms with Crippen LogP contribution in [-0.4, -0.2) is 44.4 Å². The molecule has 0 radical (unpaired) electrons. The standard InChI is InChI=1S/C14H16N6O2/c1-9-7-11-14(15-3-4-20(11)17-9)19-5-6-21-12(8-19)13-16-10(2)22-18-13/h3-4,7,12H,5-6,8H2,1-2H3/t12-/m0/s1. The lowest BCUT2D eigenvalue weighted by Crippen LogP contribution is -2.39. The maximum absolute atomic E-state index is 5.77. The summed E-state index contributed by atoms with van der Waals surface area (Å²) in [5, 5.41) is 8.39. The van der Waals surface area contributed by atoms with Crippen LogP contribution in [0.25, 0.3) is 5.52 Å². The number of morpholine rings is 1. The maximum atomic E-state index is 5.77. The second-order valence-corrected chi connectivity index (χ2v) is 5.34. The van der Waals surface area contributed by atoms with Crippen molar-refractivity contribution >= 4 is 11.3 Å². The lowest BCUT2D eigenvalue weighted by Gasteiger charge is -2.32. The van der Waals surface area contributed by atoms with Crippen LogP contribution in [0.1, 0.15) is 23.5 Å². The zero-order chi connectivity index (χ0) is 15.1. The maximum Gasteiger partial charge on any atom is 0.223 e. The highest BCUT2D eigenvalue weighted by molar-refractivity contribution is 5.69. The first-order valence-electron chi connectivity index (χ1n) is 7.18. The monoisotopic (exact) mass is 300 g/mol. The number of ether oxygens (including phenoxy) is 1. The lowest BCUT2D eigenvalue weighted by molar-refractivity contribution is 0.0324. The van der Waals surface area contributed by atoms with E-state index in [2.05, 4.69) is 25.1 Å². The van der Waals surface area contributed by atoms with Crippen LogP contribution in [0.15, 0.2) is 23.0 Å². The summed E-state index contributed by atoms with van der Waals surface area (Å²) in [5.74, 6) is 2.03. The molecule has 3 aromatic heterocycles. The van der Waals surface area contributed by atoms with Crippen LogP contribution in [0.4, 0.5) is 5.82 Å². The van der Waals surface area contributed by atoms with Crippen molar-refractivity contribution in [3.8, 4) is 0 Å². The van der Waals surface area contributed by atoms with Gasteiger partial charge in [0.1, 0.15) is 11.6 Å². The Morgan fingerprint density at radius 3 is 3.05 bits per heavy atom. The Morgan fingerprint density at radius 1 is 1.32 bits per heavy atom. The molecule has 0 unspecified atom stereocenters. The third-order valence-corrected chi connectivity index (χ3v) is 3.69. The van der Waals surface area contributed by atoms with E-state index in [0.717, 1.165) is 23.6 Å². The van der Waals surface area contributed by atoms with Crippen molar-refractivity contribution in [1.82, 2.24) is 24.7 Å². The third-order valence-electron chi connectivity index (χ3n) is 3.69. The van der Waals surface area contributed by atoms with Gasteiger partial charge in [0.05, 0.1) is 18.8 Å². The summed E-state index contributed by atoms with van der Waals surface area (Å²) in [6.07, 6.45) is 3.40. The number of hydrogen-bond acceptors (Lipinski definition) is 7. The van der Waals surface area contributed by atoms with Gasteiger partial charge >= 0.3 is 0 Å². The summed E-state index contributed by atoms with van der Waals surface area (Å²) in [4.78, 5) is 11.0. The van der Waals surface area contributed by atoms with E-state index in [1.165, 1.54) is 0 Å². The molecule has 0 amide bonds. The van der Waals surface area contributed by atoms with Crippen LogP contribution in [0.2, 0.25) is 0 Å². The minimum absolute atomic E-state index is 0.211. The molecule has 3 aromatic rings. The number of rotatable bonds is 2. The second kappa shape index (κ2) is 5.06. The first-order chi connectivity index (χ1) is 10.7. The van der Waals surface area contributed by atoms with E-state index < -0.39 is 0 Å². The van der Waals surface area contributed by atoms with Gasteiger partial charge in [0.25, 0.3) is 0 Å². The molecule has 8 heteroatoms. The molecule has 0 spiro atoms. The fourth-order valence-electron chi connectivity index (χ4n) is 2.72. The van der Waals surface area contributed by atoms with Crippen LogP contribution in [0.3, 0.4) is 0 Å². The molecular weight excluding hydrogens is 284 g/mol. The van der Waals surface area contributed by atoms with Crippen molar-refractivity contribution in [3.63, 3.8) is 0 Å². The molecule has 4 rings (SSSR count). The van der Waals surface area contributed by atoms with E-state index in [4.69, 9.17) is 9.26 Å². The molecule has 0 N–H and O–H groups in total. The van der Waals surface area contributed by atoms with Crippen LogP contribution in [0, 0.1) is 13.8 Å². The predicted octanol–water partition coefficient (Wildman–Crippen LogP) is 1.31. The van der Waals surface area contributed by atoms with Crippen molar-refractivity contribution in [2.75, 3.05) is 24.6 Å². The van der Waals surface area contributed by atoms with Gasteiger partial charge in [0.2, 0.25) is 11.7 Å².